The van der Waals surface area contributed by atoms with Gasteiger partial charge in [0.15, 0.2) is 9.84 Å². The number of aliphatic hydroxyl groups is 1. The number of sulfone groups is 1. The maximum Gasteiger partial charge on any atom is 0.160 e. The van der Waals surface area contributed by atoms with E-state index >= 15 is 0 Å². The van der Waals surface area contributed by atoms with Gasteiger partial charge in [-0.15, -0.1) is 10.2 Å². The fraction of sp³-hybridized carbons (Fsp3) is 0.500. The topological polar surface area (TPSA) is 85.1 Å². The minimum Gasteiger partial charge on any atom is -0.387 e. The van der Waals surface area contributed by atoms with Crippen LogP contribution in [0.1, 0.15) is 41.4 Å². The first-order chi connectivity index (χ1) is 10.7. The van der Waals surface area contributed by atoms with Gasteiger partial charge in [-0.25, -0.2) is 8.42 Å². The Morgan fingerprint density at radius 1 is 1.13 bits per heavy atom. The second kappa shape index (κ2) is 6.80. The summed E-state index contributed by atoms with van der Waals surface area (Å²) in [5.41, 5.74) is 2.62. The molecule has 7 heteroatoms. The molecule has 0 radical (unpaired) electrons. The van der Waals surface area contributed by atoms with Crippen molar-refractivity contribution >= 4 is 9.84 Å². The number of aryl methyl sites for hydroxylation is 3. The van der Waals surface area contributed by atoms with E-state index in [9.17, 15) is 13.5 Å². The van der Waals surface area contributed by atoms with Crippen LogP contribution in [0.2, 0.25) is 0 Å². The predicted molar refractivity (Wildman–Crippen MR) is 88.7 cm³/mol. The Balaban J connectivity index is 2.15. The molecule has 1 unspecified atom stereocenters. The normalized spacial score (nSPS) is 13.3. The highest BCUT2D eigenvalue weighted by Crippen LogP contribution is 2.20. The first kappa shape index (κ1) is 17.6. The Bertz CT molecular complexity index is 777. The van der Waals surface area contributed by atoms with Crippen molar-refractivity contribution in [3.8, 4) is 0 Å². The SMILES string of the molecule is CCc1nnc(CS(=O)(=O)CC(O)c2cc(C)cc(C)c2)n1C. The number of nitrogens with zero attached hydrogens (tertiary/aromatic N) is 3. The lowest BCUT2D eigenvalue weighted by Crippen LogP contribution is -2.18. The Morgan fingerprint density at radius 3 is 2.22 bits per heavy atom. The fourth-order valence-corrected chi connectivity index (χ4v) is 4.06. The third-order valence-electron chi connectivity index (χ3n) is 3.76. The Morgan fingerprint density at radius 2 is 1.70 bits per heavy atom. The highest BCUT2D eigenvalue weighted by Gasteiger charge is 2.22. The summed E-state index contributed by atoms with van der Waals surface area (Å²) < 4.78 is 26.4. The van der Waals surface area contributed by atoms with Crippen molar-refractivity contribution in [1.82, 2.24) is 14.8 Å². The van der Waals surface area contributed by atoms with E-state index < -0.39 is 15.9 Å². The second-order valence-electron chi connectivity index (χ2n) is 5.94. The summed E-state index contributed by atoms with van der Waals surface area (Å²) in [5, 5.41) is 18.2. The van der Waals surface area contributed by atoms with E-state index in [2.05, 4.69) is 10.2 Å². The van der Waals surface area contributed by atoms with Crippen LogP contribution in [0.3, 0.4) is 0 Å². The van der Waals surface area contributed by atoms with Gasteiger partial charge in [0.1, 0.15) is 17.4 Å². The molecule has 0 saturated heterocycles. The summed E-state index contributed by atoms with van der Waals surface area (Å²) >= 11 is 0. The molecule has 126 valence electrons. The van der Waals surface area contributed by atoms with Gasteiger partial charge in [-0.1, -0.05) is 36.2 Å². The number of hydrogen-bond donors (Lipinski definition) is 1. The highest BCUT2D eigenvalue weighted by atomic mass is 32.2. The average molecular weight is 337 g/mol. The Hall–Kier alpha value is -1.73. The van der Waals surface area contributed by atoms with Crippen LogP contribution < -0.4 is 0 Å². The molecule has 6 nitrogen and oxygen atoms in total. The number of benzene rings is 1. The molecule has 0 aliphatic rings. The van der Waals surface area contributed by atoms with E-state index in [1.165, 1.54) is 0 Å². The van der Waals surface area contributed by atoms with Crippen molar-refractivity contribution < 1.29 is 13.5 Å². The lowest BCUT2D eigenvalue weighted by molar-refractivity contribution is 0.201. The summed E-state index contributed by atoms with van der Waals surface area (Å²) in [7, 11) is -1.74. The van der Waals surface area contributed by atoms with Crippen molar-refractivity contribution in [2.45, 2.75) is 39.0 Å². The molecule has 0 saturated carbocycles. The quantitative estimate of drug-likeness (QED) is 0.866. The second-order valence-corrected chi connectivity index (χ2v) is 8.05. The molecule has 23 heavy (non-hydrogen) atoms. The van der Waals surface area contributed by atoms with Crippen molar-refractivity contribution in [2.24, 2.45) is 7.05 Å². The number of aliphatic hydroxyl groups excluding tert-OH is 1. The van der Waals surface area contributed by atoms with Crippen molar-refractivity contribution in [2.75, 3.05) is 5.75 Å². The van der Waals surface area contributed by atoms with Crippen LogP contribution >= 0.6 is 0 Å². The maximum atomic E-state index is 12.4. The maximum absolute atomic E-state index is 12.4. The number of hydrogen-bond acceptors (Lipinski definition) is 5. The van der Waals surface area contributed by atoms with Crippen LogP contribution in [0.5, 0.6) is 0 Å². The van der Waals surface area contributed by atoms with Gasteiger partial charge in [0, 0.05) is 13.5 Å². The number of rotatable bonds is 6. The molecule has 0 spiro atoms. The van der Waals surface area contributed by atoms with Gasteiger partial charge >= 0.3 is 0 Å². The highest BCUT2D eigenvalue weighted by molar-refractivity contribution is 7.90. The van der Waals surface area contributed by atoms with Crippen molar-refractivity contribution in [3.63, 3.8) is 0 Å². The van der Waals surface area contributed by atoms with Gasteiger partial charge < -0.3 is 9.67 Å². The first-order valence-corrected chi connectivity index (χ1v) is 9.38. The van der Waals surface area contributed by atoms with E-state index in [0.29, 0.717) is 17.8 Å². The van der Waals surface area contributed by atoms with E-state index in [1.807, 2.05) is 39.0 Å². The smallest absolute Gasteiger partial charge is 0.160 e. The summed E-state index contributed by atoms with van der Waals surface area (Å²) in [6.07, 6.45) is -0.355. The van der Waals surface area contributed by atoms with Gasteiger partial charge in [0.25, 0.3) is 0 Å². The Labute approximate surface area is 137 Å². The molecular weight excluding hydrogens is 314 g/mol. The largest absolute Gasteiger partial charge is 0.387 e. The van der Waals surface area contributed by atoms with Gasteiger partial charge in [-0.05, 0) is 19.4 Å². The van der Waals surface area contributed by atoms with Crippen molar-refractivity contribution in [1.29, 1.82) is 0 Å². The molecular formula is C16H23N3O3S. The van der Waals surface area contributed by atoms with Crippen LogP contribution in [-0.4, -0.2) is 34.0 Å². The zero-order chi connectivity index (χ0) is 17.2. The van der Waals surface area contributed by atoms with Crippen LogP contribution in [0.4, 0.5) is 0 Å². The summed E-state index contributed by atoms with van der Waals surface area (Å²) in [4.78, 5) is 0. The molecule has 1 aromatic heterocycles. The molecule has 1 N–H and O–H groups in total. The standard InChI is InChI=1S/C16H23N3O3S/c1-5-15-17-18-16(19(15)4)10-23(21,22)9-14(20)13-7-11(2)6-12(3)8-13/h6-8,14,20H,5,9-10H2,1-4H3. The van der Waals surface area contributed by atoms with E-state index in [0.717, 1.165) is 17.0 Å². The zero-order valence-electron chi connectivity index (χ0n) is 13.9. The molecule has 0 aliphatic heterocycles. The van der Waals surface area contributed by atoms with Gasteiger partial charge in [-0.2, -0.15) is 0 Å². The van der Waals surface area contributed by atoms with E-state index in [1.54, 1.807) is 11.6 Å². The minimum absolute atomic E-state index is 0.224. The van der Waals surface area contributed by atoms with Crippen LogP contribution in [-0.2, 0) is 29.1 Å². The van der Waals surface area contributed by atoms with E-state index in [-0.39, 0.29) is 11.5 Å². The van der Waals surface area contributed by atoms with Gasteiger partial charge in [0.05, 0.1) is 11.9 Å². The fourth-order valence-electron chi connectivity index (χ4n) is 2.63. The summed E-state index contributed by atoms with van der Waals surface area (Å²) in [5.74, 6) is 0.585. The average Bonchev–Trinajstić information content (AvgIpc) is 2.77. The predicted octanol–water partition coefficient (Wildman–Crippen LogP) is 1.64. The van der Waals surface area contributed by atoms with Crippen LogP contribution in [0.15, 0.2) is 18.2 Å². The lowest BCUT2D eigenvalue weighted by Gasteiger charge is -2.13. The van der Waals surface area contributed by atoms with Crippen LogP contribution in [0.25, 0.3) is 0 Å². The zero-order valence-corrected chi connectivity index (χ0v) is 14.8. The molecule has 2 rings (SSSR count). The minimum atomic E-state index is -3.50. The number of aromatic nitrogens is 3. The Kier molecular flexibility index (Phi) is 5.21. The molecule has 1 aromatic carbocycles. The third-order valence-corrected chi connectivity index (χ3v) is 5.28. The van der Waals surface area contributed by atoms with E-state index in [4.69, 9.17) is 0 Å². The first-order valence-electron chi connectivity index (χ1n) is 7.55. The van der Waals surface area contributed by atoms with Gasteiger partial charge in [0.2, 0.25) is 0 Å². The molecule has 0 aliphatic carbocycles. The molecule has 0 fully saturated rings. The van der Waals surface area contributed by atoms with Gasteiger partial charge in [-0.3, -0.25) is 0 Å². The monoisotopic (exact) mass is 337 g/mol. The van der Waals surface area contributed by atoms with Crippen LogP contribution in [0, 0.1) is 13.8 Å². The molecule has 0 amide bonds. The lowest BCUT2D eigenvalue weighted by atomic mass is 10.0. The molecule has 2 aromatic rings. The summed E-state index contributed by atoms with van der Waals surface area (Å²) in [6.45, 7) is 5.78. The molecule has 1 heterocycles. The molecule has 1 atom stereocenters. The molecule has 0 bridgehead atoms. The third kappa shape index (κ3) is 4.39. The summed E-state index contributed by atoms with van der Waals surface area (Å²) in [6, 6.07) is 5.60. The van der Waals surface area contributed by atoms with Crippen molar-refractivity contribution in [3.05, 3.63) is 46.5 Å².